The highest BCUT2D eigenvalue weighted by molar-refractivity contribution is 9.10. The normalized spacial score (nSPS) is 17.7. The number of carbonyl (C=O) groups is 1. The second-order valence-electron chi connectivity index (χ2n) is 4.98. The van der Waals surface area contributed by atoms with E-state index in [2.05, 4.69) is 26.2 Å². The third-order valence-corrected chi connectivity index (χ3v) is 4.80. The van der Waals surface area contributed by atoms with Crippen molar-refractivity contribution in [1.29, 1.82) is 0 Å². The van der Waals surface area contributed by atoms with Crippen LogP contribution >= 0.6 is 27.7 Å². The molecule has 1 heterocycles. The number of aryl methyl sites for hydroxylation is 1. The summed E-state index contributed by atoms with van der Waals surface area (Å²) in [5, 5.41) is 12.9. The predicted molar refractivity (Wildman–Crippen MR) is 97.8 cm³/mol. The van der Waals surface area contributed by atoms with Gasteiger partial charge in [0.05, 0.1) is 15.1 Å². The van der Waals surface area contributed by atoms with E-state index < -0.39 is 0 Å². The molecule has 1 aliphatic rings. The molecule has 0 unspecified atom stereocenters. The molecule has 0 aromatic heterocycles. The lowest BCUT2D eigenvalue weighted by Crippen LogP contribution is -2.19. The van der Waals surface area contributed by atoms with E-state index in [-0.39, 0.29) is 11.7 Å². The predicted octanol–water partition coefficient (Wildman–Crippen LogP) is 4.35. The molecule has 0 saturated carbocycles. The minimum atomic E-state index is -0.175. The number of hydrogen-bond donors (Lipinski definition) is 2. The van der Waals surface area contributed by atoms with E-state index in [1.54, 1.807) is 24.3 Å². The van der Waals surface area contributed by atoms with Gasteiger partial charge in [-0.1, -0.05) is 24.3 Å². The number of halogens is 1. The van der Waals surface area contributed by atoms with Gasteiger partial charge in [0.1, 0.15) is 5.75 Å². The molecule has 0 spiro atoms. The molecule has 2 aromatic rings. The fourth-order valence-electron chi connectivity index (χ4n) is 2.04. The molecule has 23 heavy (non-hydrogen) atoms. The summed E-state index contributed by atoms with van der Waals surface area (Å²) in [5.74, 6) is -0.0102. The standard InChI is InChI=1S/C17H13BrN2O2S/c1-10-4-2-3-5-13(10)19-17-20-16(22)15(23-17)9-11-6-7-14(21)12(18)8-11/h2-9,21H,1H3,(H,19,20,22)/b15-9-. The number of rotatable bonds is 2. The van der Waals surface area contributed by atoms with Crippen LogP contribution < -0.4 is 5.32 Å². The van der Waals surface area contributed by atoms with Crippen LogP contribution in [0.25, 0.3) is 6.08 Å². The fourth-order valence-corrected chi connectivity index (χ4v) is 3.27. The van der Waals surface area contributed by atoms with Crippen LogP contribution in [0.5, 0.6) is 5.75 Å². The van der Waals surface area contributed by atoms with Crippen LogP contribution in [-0.2, 0) is 4.79 Å². The first-order valence-corrected chi connectivity index (χ1v) is 8.47. The largest absolute Gasteiger partial charge is 0.507 e. The Morgan fingerprint density at radius 3 is 2.78 bits per heavy atom. The van der Waals surface area contributed by atoms with Crippen LogP contribution in [0, 0.1) is 6.92 Å². The number of phenolic OH excluding ortho intramolecular Hbond substituents is 1. The average molecular weight is 389 g/mol. The van der Waals surface area contributed by atoms with Crippen molar-refractivity contribution in [1.82, 2.24) is 5.32 Å². The van der Waals surface area contributed by atoms with Gasteiger partial charge >= 0.3 is 0 Å². The van der Waals surface area contributed by atoms with Crippen LogP contribution in [0.1, 0.15) is 11.1 Å². The highest BCUT2D eigenvalue weighted by Crippen LogP contribution is 2.31. The number of amidine groups is 1. The zero-order valence-electron chi connectivity index (χ0n) is 12.2. The molecule has 0 aliphatic carbocycles. The lowest BCUT2D eigenvalue weighted by molar-refractivity contribution is -0.115. The number of amides is 1. The lowest BCUT2D eigenvalue weighted by atomic mass is 10.2. The molecule has 0 atom stereocenters. The maximum Gasteiger partial charge on any atom is 0.264 e. The van der Waals surface area contributed by atoms with Crippen LogP contribution in [0.4, 0.5) is 5.69 Å². The number of nitrogens with zero attached hydrogens (tertiary/aromatic N) is 1. The number of benzene rings is 2. The van der Waals surface area contributed by atoms with Crippen molar-refractivity contribution < 1.29 is 9.90 Å². The number of hydrogen-bond acceptors (Lipinski definition) is 4. The summed E-state index contributed by atoms with van der Waals surface area (Å²) >= 11 is 4.56. The first kappa shape index (κ1) is 15.8. The molecule has 6 heteroatoms. The Bertz CT molecular complexity index is 846. The SMILES string of the molecule is Cc1ccccc1N=C1NC(=O)/C(=C/c2ccc(O)c(Br)c2)S1. The van der Waals surface area contributed by atoms with Gasteiger partial charge in [-0.05, 0) is 70.0 Å². The number of aromatic hydroxyl groups is 1. The van der Waals surface area contributed by atoms with Gasteiger partial charge in [-0.15, -0.1) is 0 Å². The van der Waals surface area contributed by atoms with Crippen molar-refractivity contribution in [3.63, 3.8) is 0 Å². The van der Waals surface area contributed by atoms with Crippen molar-refractivity contribution >= 4 is 50.5 Å². The second kappa shape index (κ2) is 6.60. The molecule has 4 nitrogen and oxygen atoms in total. The van der Waals surface area contributed by atoms with E-state index >= 15 is 0 Å². The summed E-state index contributed by atoms with van der Waals surface area (Å²) in [5.41, 5.74) is 2.71. The number of carbonyl (C=O) groups excluding carboxylic acids is 1. The van der Waals surface area contributed by atoms with E-state index in [1.165, 1.54) is 11.8 Å². The Labute approximate surface area is 146 Å². The molecule has 1 fully saturated rings. The minimum Gasteiger partial charge on any atom is -0.507 e. The van der Waals surface area contributed by atoms with E-state index in [9.17, 15) is 9.90 Å². The topological polar surface area (TPSA) is 61.7 Å². The first-order valence-electron chi connectivity index (χ1n) is 6.86. The molecule has 2 N–H and O–H groups in total. The van der Waals surface area contributed by atoms with Crippen molar-refractivity contribution in [2.24, 2.45) is 4.99 Å². The highest BCUT2D eigenvalue weighted by atomic mass is 79.9. The summed E-state index contributed by atoms with van der Waals surface area (Å²) in [6, 6.07) is 12.8. The van der Waals surface area contributed by atoms with Gasteiger partial charge in [0.25, 0.3) is 5.91 Å². The Hall–Kier alpha value is -2.05. The van der Waals surface area contributed by atoms with Crippen LogP contribution in [0.15, 0.2) is 56.8 Å². The number of thioether (sulfide) groups is 1. The van der Waals surface area contributed by atoms with E-state index in [1.807, 2.05) is 31.2 Å². The quantitative estimate of drug-likeness (QED) is 0.751. The Kier molecular flexibility index (Phi) is 4.54. The van der Waals surface area contributed by atoms with Crippen LogP contribution in [-0.4, -0.2) is 16.2 Å². The number of phenols is 1. The third kappa shape index (κ3) is 3.65. The molecular weight excluding hydrogens is 376 g/mol. The van der Waals surface area contributed by atoms with E-state index in [0.29, 0.717) is 14.5 Å². The van der Waals surface area contributed by atoms with Gasteiger partial charge in [-0.25, -0.2) is 4.99 Å². The number of nitrogens with one attached hydrogen (secondary N) is 1. The molecule has 0 bridgehead atoms. The summed E-state index contributed by atoms with van der Waals surface area (Å²) in [7, 11) is 0. The Morgan fingerprint density at radius 1 is 1.26 bits per heavy atom. The summed E-state index contributed by atoms with van der Waals surface area (Å²) in [6.07, 6.45) is 1.77. The molecule has 0 radical (unpaired) electrons. The van der Waals surface area contributed by atoms with Gasteiger partial charge < -0.3 is 10.4 Å². The molecule has 3 rings (SSSR count). The van der Waals surface area contributed by atoms with Crippen molar-refractivity contribution in [3.05, 3.63) is 63.0 Å². The number of aliphatic imine (C=N–C) groups is 1. The lowest BCUT2D eigenvalue weighted by Gasteiger charge is -2.00. The third-order valence-electron chi connectivity index (χ3n) is 3.26. The zero-order chi connectivity index (χ0) is 16.4. The average Bonchev–Trinajstić information content (AvgIpc) is 2.85. The number of para-hydroxylation sites is 1. The Balaban J connectivity index is 1.86. The second-order valence-corrected chi connectivity index (χ2v) is 6.86. The monoisotopic (exact) mass is 388 g/mol. The molecule has 116 valence electrons. The van der Waals surface area contributed by atoms with E-state index in [0.717, 1.165) is 16.8 Å². The van der Waals surface area contributed by atoms with Crippen LogP contribution in [0.3, 0.4) is 0 Å². The van der Waals surface area contributed by atoms with Crippen LogP contribution in [0.2, 0.25) is 0 Å². The maximum absolute atomic E-state index is 12.1. The highest BCUT2D eigenvalue weighted by Gasteiger charge is 2.24. The van der Waals surface area contributed by atoms with Crippen molar-refractivity contribution in [3.8, 4) is 5.75 Å². The zero-order valence-corrected chi connectivity index (χ0v) is 14.6. The molecular formula is C17H13BrN2O2S. The van der Waals surface area contributed by atoms with Gasteiger partial charge in [-0.2, -0.15) is 0 Å². The Morgan fingerprint density at radius 2 is 2.04 bits per heavy atom. The van der Waals surface area contributed by atoms with Crippen molar-refractivity contribution in [2.75, 3.05) is 0 Å². The minimum absolute atomic E-state index is 0.164. The van der Waals surface area contributed by atoms with Gasteiger partial charge in [0.15, 0.2) is 5.17 Å². The molecule has 1 saturated heterocycles. The van der Waals surface area contributed by atoms with Gasteiger partial charge in [-0.3, -0.25) is 4.79 Å². The van der Waals surface area contributed by atoms with Gasteiger partial charge in [0, 0.05) is 0 Å². The van der Waals surface area contributed by atoms with E-state index in [4.69, 9.17) is 0 Å². The molecule has 1 amide bonds. The molecule has 1 aliphatic heterocycles. The summed E-state index contributed by atoms with van der Waals surface area (Å²) in [6.45, 7) is 1.98. The summed E-state index contributed by atoms with van der Waals surface area (Å²) in [4.78, 5) is 17.1. The molecule has 2 aromatic carbocycles. The van der Waals surface area contributed by atoms with Crippen molar-refractivity contribution in [2.45, 2.75) is 6.92 Å². The fraction of sp³-hybridized carbons (Fsp3) is 0.0588. The maximum atomic E-state index is 12.1. The summed E-state index contributed by atoms with van der Waals surface area (Å²) < 4.78 is 0.587. The first-order chi connectivity index (χ1) is 11.0. The smallest absolute Gasteiger partial charge is 0.264 e. The van der Waals surface area contributed by atoms with Gasteiger partial charge in [0.2, 0.25) is 0 Å².